The number of aromatic nitrogens is 1. The third-order valence-electron chi connectivity index (χ3n) is 3.13. The molecule has 25 heavy (non-hydrogen) atoms. The number of rotatable bonds is 7. The molecular weight excluding hydrogens is 342 g/mol. The number of pyridine rings is 1. The van der Waals surface area contributed by atoms with Crippen molar-refractivity contribution in [2.24, 2.45) is 16.7 Å². The lowest BCUT2D eigenvalue weighted by Gasteiger charge is -2.13. The van der Waals surface area contributed by atoms with Crippen LogP contribution in [0.4, 0.5) is 0 Å². The summed E-state index contributed by atoms with van der Waals surface area (Å²) in [4.78, 5) is 3.94. The zero-order valence-corrected chi connectivity index (χ0v) is 14.0. The first-order valence-corrected chi connectivity index (χ1v) is 8.63. The lowest BCUT2D eigenvalue weighted by atomic mass is 10.2. The third kappa shape index (κ3) is 5.25. The van der Waals surface area contributed by atoms with E-state index in [1.165, 1.54) is 29.4 Å². The average molecular weight is 359 g/mol. The summed E-state index contributed by atoms with van der Waals surface area (Å²) in [5, 5.41) is 13.7. The molecule has 0 aliphatic carbocycles. The van der Waals surface area contributed by atoms with Gasteiger partial charge < -0.3 is 5.73 Å². The van der Waals surface area contributed by atoms with Crippen LogP contribution >= 0.6 is 0 Å². The van der Waals surface area contributed by atoms with Crippen LogP contribution in [0.3, 0.4) is 0 Å². The minimum Gasteiger partial charge on any atom is -0.382 e. The second-order valence-electron chi connectivity index (χ2n) is 4.95. The zero-order valence-electron chi connectivity index (χ0n) is 13.2. The molecule has 0 fully saturated rings. The summed E-state index contributed by atoms with van der Waals surface area (Å²) in [7, 11) is -3.72. The van der Waals surface area contributed by atoms with Gasteiger partial charge in [-0.15, -0.1) is 5.10 Å². The quantitative estimate of drug-likeness (QED) is 0.205. The van der Waals surface area contributed by atoms with E-state index < -0.39 is 10.0 Å². The van der Waals surface area contributed by atoms with Crippen LogP contribution in [0.5, 0.6) is 0 Å². The van der Waals surface area contributed by atoms with Crippen LogP contribution in [0.15, 0.2) is 58.8 Å². The Kier molecular flexibility index (Phi) is 6.02. The van der Waals surface area contributed by atoms with Gasteiger partial charge in [-0.05, 0) is 42.0 Å². The fraction of sp³-hybridized carbons (Fsp3) is 0.133. The maximum atomic E-state index is 11.9. The van der Waals surface area contributed by atoms with Crippen molar-refractivity contribution in [3.05, 3.63) is 59.9 Å². The van der Waals surface area contributed by atoms with Gasteiger partial charge in [-0.2, -0.15) is 9.98 Å². The Morgan fingerprint density at radius 3 is 2.48 bits per heavy atom. The van der Waals surface area contributed by atoms with Crippen LogP contribution in [0.1, 0.15) is 11.1 Å². The van der Waals surface area contributed by atoms with Crippen molar-refractivity contribution in [3.63, 3.8) is 0 Å². The van der Waals surface area contributed by atoms with E-state index in [1.54, 1.807) is 30.6 Å². The highest BCUT2D eigenvalue weighted by molar-refractivity contribution is 7.89. The van der Waals surface area contributed by atoms with E-state index in [0.29, 0.717) is 12.1 Å². The molecule has 0 spiro atoms. The lowest BCUT2D eigenvalue weighted by molar-refractivity contribution is 0.290. The first-order chi connectivity index (χ1) is 11.9. The molecule has 0 aliphatic heterocycles. The molecule has 0 unspecified atom stereocenters. The number of amidine groups is 1. The summed E-state index contributed by atoms with van der Waals surface area (Å²) < 4.78 is 25.9. The maximum Gasteiger partial charge on any atom is 0.241 e. The predicted octanol–water partition coefficient (Wildman–Crippen LogP) is -0.120. The fourth-order valence-electron chi connectivity index (χ4n) is 1.92. The second-order valence-corrected chi connectivity index (χ2v) is 6.71. The molecule has 1 aromatic heterocycles. The van der Waals surface area contributed by atoms with Gasteiger partial charge in [-0.3, -0.25) is 4.98 Å². The van der Waals surface area contributed by atoms with E-state index in [0.717, 1.165) is 5.56 Å². The molecule has 10 heteroatoms. The number of nitrogens with two attached hydrogens (primary N) is 2. The summed E-state index contributed by atoms with van der Waals surface area (Å²) >= 11 is 0. The highest BCUT2D eigenvalue weighted by Gasteiger charge is 2.13. The van der Waals surface area contributed by atoms with Crippen LogP contribution in [0.2, 0.25) is 0 Å². The van der Waals surface area contributed by atoms with Gasteiger partial charge >= 0.3 is 0 Å². The van der Waals surface area contributed by atoms with Gasteiger partial charge in [0.15, 0.2) is 5.84 Å². The van der Waals surface area contributed by atoms with Gasteiger partial charge in [0.2, 0.25) is 10.0 Å². The second kappa shape index (κ2) is 8.20. The van der Waals surface area contributed by atoms with Gasteiger partial charge in [-0.1, -0.05) is 0 Å². The molecule has 9 nitrogen and oxygen atoms in total. The summed E-state index contributed by atoms with van der Waals surface area (Å²) in [6.45, 7) is 0.0403. The van der Waals surface area contributed by atoms with Crippen LogP contribution in [0.25, 0.3) is 0 Å². The number of benzene rings is 1. The van der Waals surface area contributed by atoms with E-state index in [2.05, 4.69) is 14.8 Å². The molecule has 0 radical (unpaired) electrons. The van der Waals surface area contributed by atoms with E-state index in [-0.39, 0.29) is 17.3 Å². The molecule has 0 bridgehead atoms. The highest BCUT2D eigenvalue weighted by Crippen LogP contribution is 2.10. The van der Waals surface area contributed by atoms with Gasteiger partial charge in [0.1, 0.15) is 0 Å². The summed E-state index contributed by atoms with van der Waals surface area (Å²) in [5.41, 5.74) is 7.33. The molecule has 0 atom stereocenters. The summed E-state index contributed by atoms with van der Waals surface area (Å²) in [6.07, 6.45) is 3.30. The van der Waals surface area contributed by atoms with Crippen molar-refractivity contribution < 1.29 is 8.42 Å². The van der Waals surface area contributed by atoms with Crippen molar-refractivity contribution in [2.75, 3.05) is 6.54 Å². The van der Waals surface area contributed by atoms with Crippen LogP contribution in [0, 0.1) is 11.3 Å². The topological polar surface area (TPSA) is 150 Å². The molecule has 1 heterocycles. The van der Waals surface area contributed by atoms with Crippen molar-refractivity contribution in [1.82, 2.24) is 14.8 Å². The van der Waals surface area contributed by atoms with Crippen LogP contribution in [-0.2, 0) is 16.6 Å². The van der Waals surface area contributed by atoms with Gasteiger partial charge in [-0.25, -0.2) is 19.4 Å². The van der Waals surface area contributed by atoms with Crippen molar-refractivity contribution in [3.8, 4) is 6.07 Å². The largest absolute Gasteiger partial charge is 0.382 e. The first kappa shape index (κ1) is 18.3. The minimum atomic E-state index is -3.72. The minimum absolute atomic E-state index is 0.0284. The molecule has 0 amide bonds. The third-order valence-corrected chi connectivity index (χ3v) is 4.55. The van der Waals surface area contributed by atoms with Gasteiger partial charge in [0, 0.05) is 18.0 Å². The van der Waals surface area contributed by atoms with Gasteiger partial charge in [0.05, 0.1) is 24.1 Å². The molecule has 130 valence electrons. The summed E-state index contributed by atoms with van der Waals surface area (Å²) in [6, 6.07) is 11.1. The zero-order chi connectivity index (χ0) is 18.3. The number of hydrogen-bond donors (Lipinski definition) is 3. The smallest absolute Gasteiger partial charge is 0.241 e. The first-order valence-electron chi connectivity index (χ1n) is 7.14. The Bertz CT molecular complexity index is 874. The number of sulfonamides is 1. The molecule has 1 aromatic carbocycles. The molecule has 2 rings (SSSR count). The molecule has 0 aliphatic rings. The van der Waals surface area contributed by atoms with Crippen LogP contribution < -0.4 is 16.3 Å². The highest BCUT2D eigenvalue weighted by atomic mass is 32.2. The monoisotopic (exact) mass is 359 g/mol. The number of hydrogen-bond acceptors (Lipinski definition) is 7. The van der Waals surface area contributed by atoms with E-state index in [9.17, 15) is 8.42 Å². The Balaban J connectivity index is 2.09. The number of nitrogens with zero attached hydrogens (tertiary/aromatic N) is 4. The van der Waals surface area contributed by atoms with E-state index >= 15 is 0 Å². The SMILES string of the molecule is N#CCNS(=O)(=O)c1ccc(/C(N)=N/N(N)Cc2ccncc2)cc1. The molecular formula is C15H17N7O2S. The number of nitriles is 1. The Morgan fingerprint density at radius 2 is 1.88 bits per heavy atom. The Labute approximate surface area is 145 Å². The van der Waals surface area contributed by atoms with Crippen molar-refractivity contribution in [2.45, 2.75) is 11.4 Å². The number of hydrazone groups is 1. The average Bonchev–Trinajstić information content (AvgIpc) is 2.61. The molecule has 5 N–H and O–H groups in total. The fourth-order valence-corrected chi connectivity index (χ4v) is 2.84. The van der Waals surface area contributed by atoms with Crippen LogP contribution in [-0.4, -0.2) is 30.9 Å². The maximum absolute atomic E-state index is 11.9. The lowest BCUT2D eigenvalue weighted by Crippen LogP contribution is -2.29. The van der Waals surface area contributed by atoms with E-state index in [4.69, 9.17) is 16.8 Å². The molecule has 0 saturated heterocycles. The van der Waals surface area contributed by atoms with Gasteiger partial charge in [0.25, 0.3) is 0 Å². The number of nitrogens with one attached hydrogen (secondary N) is 1. The summed E-state index contributed by atoms with van der Waals surface area (Å²) in [5.74, 6) is 5.95. The van der Waals surface area contributed by atoms with E-state index in [1.807, 2.05) is 0 Å². The van der Waals surface area contributed by atoms with Crippen molar-refractivity contribution in [1.29, 1.82) is 5.26 Å². The molecule has 2 aromatic rings. The standard InChI is InChI=1S/C15H17N7O2S/c16-7-10-20-25(23,24)14-3-1-13(2-4-14)15(17)21-22(18)11-12-5-8-19-9-6-12/h1-6,8-9,20H,10-11,18H2,(H2,17,21). The Morgan fingerprint density at radius 1 is 1.24 bits per heavy atom. The van der Waals surface area contributed by atoms with Crippen molar-refractivity contribution >= 4 is 15.9 Å². The molecule has 0 saturated carbocycles. The Hall–Kier alpha value is -3.00. The predicted molar refractivity (Wildman–Crippen MR) is 91.9 cm³/mol. The number of hydrazine groups is 1. The normalized spacial score (nSPS) is 11.8.